The maximum absolute atomic E-state index is 12.8. The quantitative estimate of drug-likeness (QED) is 0.718. The third-order valence-corrected chi connectivity index (χ3v) is 3.53. The fourth-order valence-corrected chi connectivity index (χ4v) is 2.02. The zero-order valence-corrected chi connectivity index (χ0v) is 14.5. The molecule has 7 heteroatoms. The first-order valence-electron chi connectivity index (χ1n) is 8.09. The van der Waals surface area contributed by atoms with Crippen molar-refractivity contribution in [3.8, 4) is 0 Å². The van der Waals surface area contributed by atoms with Crippen molar-refractivity contribution in [3.63, 3.8) is 0 Å². The van der Waals surface area contributed by atoms with E-state index in [1.165, 1.54) is 36.4 Å². The third-order valence-electron chi connectivity index (χ3n) is 3.53. The average Bonchev–Trinajstić information content (AvgIpc) is 2.62. The maximum atomic E-state index is 12.8. The lowest BCUT2D eigenvalue weighted by Crippen LogP contribution is -2.42. The standard InChI is InChI=1S/C19H20FN3O3/c1-12(2)18(25)21-16-9-5-14(6-10-16)19(26)23-22-17(24)11-13-3-7-15(20)8-4-13/h3-10,12H,11H2,1-2H3,(H,21,25)(H,22,24)(H,23,26). The molecule has 0 heterocycles. The van der Waals surface area contributed by atoms with E-state index in [1.807, 2.05) is 0 Å². The first-order valence-corrected chi connectivity index (χ1v) is 8.09. The molecule has 0 spiro atoms. The smallest absolute Gasteiger partial charge is 0.269 e. The van der Waals surface area contributed by atoms with Gasteiger partial charge in [-0.15, -0.1) is 0 Å². The summed E-state index contributed by atoms with van der Waals surface area (Å²) in [5.41, 5.74) is 6.15. The molecule has 136 valence electrons. The van der Waals surface area contributed by atoms with Crippen LogP contribution >= 0.6 is 0 Å². The summed E-state index contributed by atoms with van der Waals surface area (Å²) in [4.78, 5) is 35.4. The fraction of sp³-hybridized carbons (Fsp3) is 0.211. The Balaban J connectivity index is 1.84. The normalized spacial score (nSPS) is 10.3. The zero-order valence-electron chi connectivity index (χ0n) is 14.5. The van der Waals surface area contributed by atoms with Gasteiger partial charge < -0.3 is 5.32 Å². The van der Waals surface area contributed by atoms with Crippen molar-refractivity contribution in [2.75, 3.05) is 5.32 Å². The monoisotopic (exact) mass is 357 g/mol. The van der Waals surface area contributed by atoms with E-state index in [4.69, 9.17) is 0 Å². The van der Waals surface area contributed by atoms with Crippen LogP contribution in [0.25, 0.3) is 0 Å². The molecule has 0 aliphatic rings. The van der Waals surface area contributed by atoms with Crippen LogP contribution in [-0.2, 0) is 16.0 Å². The minimum Gasteiger partial charge on any atom is -0.326 e. The van der Waals surface area contributed by atoms with Crippen molar-refractivity contribution in [3.05, 3.63) is 65.5 Å². The molecule has 0 aliphatic heterocycles. The van der Waals surface area contributed by atoms with Gasteiger partial charge in [0.2, 0.25) is 11.8 Å². The van der Waals surface area contributed by atoms with Gasteiger partial charge in [-0.3, -0.25) is 25.2 Å². The molecule has 0 saturated heterocycles. The molecule has 2 aromatic carbocycles. The van der Waals surface area contributed by atoms with Gasteiger partial charge in [0.15, 0.2) is 0 Å². The van der Waals surface area contributed by atoms with E-state index >= 15 is 0 Å². The second kappa shape index (κ2) is 8.75. The topological polar surface area (TPSA) is 87.3 Å². The lowest BCUT2D eigenvalue weighted by molar-refractivity contribution is -0.121. The number of nitrogens with one attached hydrogen (secondary N) is 3. The molecule has 0 atom stereocenters. The molecule has 0 bridgehead atoms. The van der Waals surface area contributed by atoms with Gasteiger partial charge in [-0.05, 0) is 42.0 Å². The van der Waals surface area contributed by atoms with Crippen LogP contribution in [0.2, 0.25) is 0 Å². The maximum Gasteiger partial charge on any atom is 0.269 e. The number of carbonyl (C=O) groups is 3. The van der Waals surface area contributed by atoms with E-state index in [0.717, 1.165) is 0 Å². The van der Waals surface area contributed by atoms with Crippen LogP contribution in [0.5, 0.6) is 0 Å². The second-order valence-electron chi connectivity index (χ2n) is 6.03. The SMILES string of the molecule is CC(C)C(=O)Nc1ccc(C(=O)NNC(=O)Cc2ccc(F)cc2)cc1. The summed E-state index contributed by atoms with van der Waals surface area (Å²) < 4.78 is 12.8. The summed E-state index contributed by atoms with van der Waals surface area (Å²) in [5, 5.41) is 2.72. The molecule has 0 saturated carbocycles. The Morgan fingerprint density at radius 3 is 2.12 bits per heavy atom. The van der Waals surface area contributed by atoms with Gasteiger partial charge in [0.25, 0.3) is 5.91 Å². The van der Waals surface area contributed by atoms with E-state index in [-0.39, 0.29) is 24.1 Å². The minimum atomic E-state index is -0.487. The molecule has 3 amide bonds. The van der Waals surface area contributed by atoms with E-state index in [1.54, 1.807) is 26.0 Å². The molecule has 0 aromatic heterocycles. The number of anilines is 1. The molecular formula is C19H20FN3O3. The summed E-state index contributed by atoms with van der Waals surface area (Å²) in [7, 11) is 0. The Bertz CT molecular complexity index is 787. The lowest BCUT2D eigenvalue weighted by atomic mass is 10.1. The lowest BCUT2D eigenvalue weighted by Gasteiger charge is -2.10. The van der Waals surface area contributed by atoms with Crippen LogP contribution in [0.1, 0.15) is 29.8 Å². The molecule has 26 heavy (non-hydrogen) atoms. The molecule has 0 unspecified atom stereocenters. The molecular weight excluding hydrogens is 337 g/mol. The molecule has 0 radical (unpaired) electrons. The Hall–Kier alpha value is -3.22. The highest BCUT2D eigenvalue weighted by Crippen LogP contribution is 2.11. The number of hydrogen-bond acceptors (Lipinski definition) is 3. The van der Waals surface area contributed by atoms with Crippen molar-refractivity contribution in [1.82, 2.24) is 10.9 Å². The summed E-state index contributed by atoms with van der Waals surface area (Å²) in [6, 6.07) is 11.8. The number of halogens is 1. The summed E-state index contributed by atoms with van der Waals surface area (Å²) in [6.07, 6.45) is 0.0146. The summed E-state index contributed by atoms with van der Waals surface area (Å²) in [6.45, 7) is 3.57. The van der Waals surface area contributed by atoms with Crippen molar-refractivity contribution < 1.29 is 18.8 Å². The van der Waals surface area contributed by atoms with Crippen molar-refractivity contribution >= 4 is 23.4 Å². The predicted molar refractivity (Wildman–Crippen MR) is 95.6 cm³/mol. The predicted octanol–water partition coefficient (Wildman–Crippen LogP) is 2.42. The van der Waals surface area contributed by atoms with Gasteiger partial charge in [-0.2, -0.15) is 0 Å². The Morgan fingerprint density at radius 2 is 1.54 bits per heavy atom. The van der Waals surface area contributed by atoms with Crippen molar-refractivity contribution in [2.45, 2.75) is 20.3 Å². The van der Waals surface area contributed by atoms with Crippen LogP contribution in [0.3, 0.4) is 0 Å². The van der Waals surface area contributed by atoms with Crippen molar-refractivity contribution in [1.29, 1.82) is 0 Å². The van der Waals surface area contributed by atoms with Crippen LogP contribution < -0.4 is 16.2 Å². The number of hydrazine groups is 1. The Kier molecular flexibility index (Phi) is 6.43. The number of rotatable bonds is 5. The number of carbonyl (C=O) groups excluding carboxylic acids is 3. The molecule has 3 N–H and O–H groups in total. The highest BCUT2D eigenvalue weighted by molar-refractivity contribution is 5.97. The van der Waals surface area contributed by atoms with Crippen LogP contribution in [0.15, 0.2) is 48.5 Å². The number of hydrogen-bond donors (Lipinski definition) is 3. The molecule has 0 fully saturated rings. The van der Waals surface area contributed by atoms with Gasteiger partial charge in [0.1, 0.15) is 5.82 Å². The number of benzene rings is 2. The average molecular weight is 357 g/mol. The first-order chi connectivity index (χ1) is 12.3. The minimum absolute atomic E-state index is 0.0146. The zero-order chi connectivity index (χ0) is 19.1. The summed E-state index contributed by atoms with van der Waals surface area (Å²) >= 11 is 0. The molecule has 6 nitrogen and oxygen atoms in total. The fourth-order valence-electron chi connectivity index (χ4n) is 2.02. The van der Waals surface area contributed by atoms with Gasteiger partial charge in [0, 0.05) is 17.2 Å². The van der Waals surface area contributed by atoms with Gasteiger partial charge >= 0.3 is 0 Å². The van der Waals surface area contributed by atoms with Crippen LogP contribution in [0, 0.1) is 11.7 Å². The Morgan fingerprint density at radius 1 is 0.923 bits per heavy atom. The van der Waals surface area contributed by atoms with Gasteiger partial charge in [-0.25, -0.2) is 4.39 Å². The van der Waals surface area contributed by atoms with E-state index < -0.39 is 11.8 Å². The van der Waals surface area contributed by atoms with E-state index in [9.17, 15) is 18.8 Å². The second-order valence-corrected chi connectivity index (χ2v) is 6.03. The van der Waals surface area contributed by atoms with Crippen LogP contribution in [0.4, 0.5) is 10.1 Å². The molecule has 0 aliphatic carbocycles. The largest absolute Gasteiger partial charge is 0.326 e. The third kappa shape index (κ3) is 5.70. The van der Waals surface area contributed by atoms with E-state index in [0.29, 0.717) is 16.8 Å². The first kappa shape index (κ1) is 19.1. The Labute approximate surface area is 150 Å². The highest BCUT2D eigenvalue weighted by atomic mass is 19.1. The van der Waals surface area contributed by atoms with Gasteiger partial charge in [-0.1, -0.05) is 26.0 Å². The molecule has 2 aromatic rings. The number of amides is 3. The summed E-state index contributed by atoms with van der Waals surface area (Å²) in [5.74, 6) is -1.55. The van der Waals surface area contributed by atoms with Crippen molar-refractivity contribution in [2.24, 2.45) is 5.92 Å². The van der Waals surface area contributed by atoms with Gasteiger partial charge in [0.05, 0.1) is 6.42 Å². The molecule has 2 rings (SSSR count). The highest BCUT2D eigenvalue weighted by Gasteiger charge is 2.10. The van der Waals surface area contributed by atoms with E-state index in [2.05, 4.69) is 16.2 Å². The van der Waals surface area contributed by atoms with Crippen LogP contribution in [-0.4, -0.2) is 17.7 Å².